The number of aromatic nitrogens is 1. The normalized spacial score (nSPS) is 17.6. The molecule has 1 aromatic heterocycles. The molecule has 1 aromatic rings. The first kappa shape index (κ1) is 16.3. The Kier molecular flexibility index (Phi) is 4.92. The molecular formula is C13H20FN3O3S. The smallest absolute Gasteiger partial charge is 0.358 e. The van der Waals surface area contributed by atoms with Crippen LogP contribution in [0.4, 0.5) is 4.39 Å². The summed E-state index contributed by atoms with van der Waals surface area (Å²) in [5.41, 5.74) is -0.517. The molecule has 0 atom stereocenters. The van der Waals surface area contributed by atoms with Crippen LogP contribution in [0.1, 0.15) is 17.4 Å². The average Bonchev–Trinajstić information content (AvgIpc) is 2.68. The van der Waals surface area contributed by atoms with Crippen molar-refractivity contribution in [1.82, 2.24) is 14.2 Å². The van der Waals surface area contributed by atoms with Gasteiger partial charge in [0.05, 0.1) is 23.6 Å². The van der Waals surface area contributed by atoms with E-state index in [4.69, 9.17) is 4.74 Å². The lowest BCUT2D eigenvalue weighted by molar-refractivity contribution is 0.0355. The summed E-state index contributed by atoms with van der Waals surface area (Å²) >= 11 is 1.09. The van der Waals surface area contributed by atoms with E-state index in [9.17, 15) is 14.3 Å². The summed E-state index contributed by atoms with van der Waals surface area (Å²) in [5.74, 6) is -1.28. The fraction of sp³-hybridized carbons (Fsp3) is 0.615. The van der Waals surface area contributed by atoms with Crippen LogP contribution in [-0.4, -0.2) is 59.4 Å². The van der Waals surface area contributed by atoms with Crippen molar-refractivity contribution in [3.8, 4) is 0 Å². The number of aliphatic hydroxyl groups excluding tert-OH is 1. The van der Waals surface area contributed by atoms with Gasteiger partial charge in [0.15, 0.2) is 11.5 Å². The quantitative estimate of drug-likeness (QED) is 0.592. The molecular weight excluding hydrogens is 297 g/mol. The Balaban J connectivity index is 2.08. The van der Waals surface area contributed by atoms with Crippen LogP contribution in [0.25, 0.3) is 0 Å². The molecule has 0 spiro atoms. The summed E-state index contributed by atoms with van der Waals surface area (Å²) in [6.45, 7) is 3.23. The van der Waals surface area contributed by atoms with Crippen molar-refractivity contribution in [2.24, 2.45) is 7.05 Å². The van der Waals surface area contributed by atoms with Crippen LogP contribution in [0.3, 0.4) is 0 Å². The number of aliphatic hydroxyl groups is 1. The molecule has 8 heteroatoms. The zero-order chi connectivity index (χ0) is 15.6. The number of likely N-dealkylation sites (N-methyl/N-ethyl adjacent to an activating group) is 1. The molecule has 0 saturated carbocycles. The Morgan fingerprint density at radius 3 is 2.76 bits per heavy atom. The third-order valence-corrected chi connectivity index (χ3v) is 4.42. The Morgan fingerprint density at radius 2 is 2.24 bits per heavy atom. The number of ether oxygens (including phenoxy) is 1. The van der Waals surface area contributed by atoms with E-state index in [2.05, 4.69) is 9.62 Å². The highest BCUT2D eigenvalue weighted by atomic mass is 32.2. The van der Waals surface area contributed by atoms with Crippen LogP contribution in [-0.2, 0) is 11.8 Å². The molecule has 1 aliphatic rings. The summed E-state index contributed by atoms with van der Waals surface area (Å²) < 4.78 is 23.6. The van der Waals surface area contributed by atoms with Crippen LogP contribution in [0.2, 0.25) is 0 Å². The highest BCUT2D eigenvalue weighted by molar-refractivity contribution is 7.97. The fourth-order valence-electron chi connectivity index (χ4n) is 2.42. The first-order valence-electron chi connectivity index (χ1n) is 6.68. The maximum Gasteiger partial charge on any atom is 0.358 e. The van der Waals surface area contributed by atoms with Gasteiger partial charge in [-0.15, -0.1) is 0 Å². The lowest BCUT2D eigenvalue weighted by atomic mass is 9.93. The van der Waals surface area contributed by atoms with Gasteiger partial charge in [-0.3, -0.25) is 0 Å². The van der Waals surface area contributed by atoms with E-state index in [0.717, 1.165) is 11.9 Å². The second-order valence-corrected chi connectivity index (χ2v) is 6.15. The SMILES string of the molecule is CCOC(=O)c1c(F)c(SNC2(CO)CN(C)C2)cn1C. The Labute approximate surface area is 127 Å². The van der Waals surface area contributed by atoms with Gasteiger partial charge in [0.1, 0.15) is 0 Å². The number of likely N-dealkylation sites (tertiary alicyclic amines) is 1. The molecule has 118 valence electrons. The molecule has 2 N–H and O–H groups in total. The third kappa shape index (κ3) is 3.23. The summed E-state index contributed by atoms with van der Waals surface area (Å²) in [6.07, 6.45) is 1.53. The second-order valence-electron chi connectivity index (χ2n) is 5.30. The first-order chi connectivity index (χ1) is 9.92. The number of hydrogen-bond acceptors (Lipinski definition) is 6. The van der Waals surface area contributed by atoms with Gasteiger partial charge in [-0.05, 0) is 25.9 Å². The van der Waals surface area contributed by atoms with Gasteiger partial charge >= 0.3 is 5.97 Å². The number of halogens is 1. The van der Waals surface area contributed by atoms with Crippen LogP contribution >= 0.6 is 11.9 Å². The van der Waals surface area contributed by atoms with E-state index in [1.807, 2.05) is 7.05 Å². The van der Waals surface area contributed by atoms with E-state index in [1.165, 1.54) is 10.8 Å². The number of esters is 1. The standard InChI is InChI=1S/C13H20FN3O3S/c1-4-20-12(19)11-10(14)9(5-17(11)3)21-15-13(8-18)6-16(2)7-13/h5,15,18H,4,6-8H2,1-3H3. The van der Waals surface area contributed by atoms with E-state index in [0.29, 0.717) is 18.0 Å². The summed E-state index contributed by atoms with van der Waals surface area (Å²) in [7, 11) is 3.54. The van der Waals surface area contributed by atoms with Crippen LogP contribution in [0.5, 0.6) is 0 Å². The van der Waals surface area contributed by atoms with Gasteiger partial charge in [0.2, 0.25) is 0 Å². The lowest BCUT2D eigenvalue weighted by Gasteiger charge is -2.47. The van der Waals surface area contributed by atoms with Crippen molar-refractivity contribution >= 4 is 17.9 Å². The molecule has 2 rings (SSSR count). The maximum atomic E-state index is 14.3. The highest BCUT2D eigenvalue weighted by Crippen LogP contribution is 2.29. The molecule has 0 aliphatic carbocycles. The molecule has 0 aromatic carbocycles. The molecule has 0 radical (unpaired) electrons. The van der Waals surface area contributed by atoms with Gasteiger partial charge < -0.3 is 19.3 Å². The zero-order valence-corrected chi connectivity index (χ0v) is 13.2. The topological polar surface area (TPSA) is 66.7 Å². The number of aryl methyl sites for hydroxylation is 1. The largest absolute Gasteiger partial charge is 0.461 e. The van der Waals surface area contributed by atoms with E-state index in [1.54, 1.807) is 14.0 Å². The molecule has 2 heterocycles. The summed E-state index contributed by atoms with van der Waals surface area (Å²) in [5, 5.41) is 9.44. The third-order valence-electron chi connectivity index (χ3n) is 3.38. The Bertz CT molecular complexity index is 529. The number of carbonyl (C=O) groups excluding carboxylic acids is 1. The van der Waals surface area contributed by atoms with Gasteiger partial charge in [-0.1, -0.05) is 0 Å². The minimum Gasteiger partial charge on any atom is -0.461 e. The molecule has 6 nitrogen and oxygen atoms in total. The highest BCUT2D eigenvalue weighted by Gasteiger charge is 2.41. The van der Waals surface area contributed by atoms with E-state index in [-0.39, 0.29) is 18.9 Å². The number of rotatable bonds is 6. The van der Waals surface area contributed by atoms with E-state index < -0.39 is 17.3 Å². The van der Waals surface area contributed by atoms with Crippen molar-refractivity contribution in [3.63, 3.8) is 0 Å². The lowest BCUT2D eigenvalue weighted by Crippen LogP contribution is -2.68. The molecule has 0 amide bonds. The molecule has 21 heavy (non-hydrogen) atoms. The molecule has 1 aliphatic heterocycles. The van der Waals surface area contributed by atoms with Crippen molar-refractivity contribution in [2.45, 2.75) is 17.4 Å². The van der Waals surface area contributed by atoms with Crippen molar-refractivity contribution in [1.29, 1.82) is 0 Å². The molecule has 0 bridgehead atoms. The van der Waals surface area contributed by atoms with Crippen LogP contribution < -0.4 is 4.72 Å². The van der Waals surface area contributed by atoms with E-state index >= 15 is 0 Å². The minimum absolute atomic E-state index is 0.0243. The van der Waals surface area contributed by atoms with Gasteiger partial charge in [0, 0.05) is 26.3 Å². The fourth-order valence-corrected chi connectivity index (χ4v) is 3.34. The average molecular weight is 317 g/mol. The van der Waals surface area contributed by atoms with Gasteiger partial charge in [0.25, 0.3) is 0 Å². The molecule has 1 saturated heterocycles. The monoisotopic (exact) mass is 317 g/mol. The predicted octanol–water partition coefficient (Wildman–Crippen LogP) is 0.614. The van der Waals surface area contributed by atoms with Crippen LogP contribution in [0, 0.1) is 5.82 Å². The van der Waals surface area contributed by atoms with Crippen molar-refractivity contribution < 1.29 is 19.0 Å². The Morgan fingerprint density at radius 1 is 1.57 bits per heavy atom. The first-order valence-corrected chi connectivity index (χ1v) is 7.49. The second kappa shape index (κ2) is 6.35. The number of nitrogens with one attached hydrogen (secondary N) is 1. The molecule has 0 unspecified atom stereocenters. The predicted molar refractivity (Wildman–Crippen MR) is 77.6 cm³/mol. The summed E-state index contributed by atoms with van der Waals surface area (Å²) in [6, 6.07) is 0. The minimum atomic E-state index is -0.676. The number of hydrogen-bond donors (Lipinski definition) is 2. The number of nitrogens with zero attached hydrogens (tertiary/aromatic N) is 2. The summed E-state index contributed by atoms with van der Waals surface area (Å²) in [4.78, 5) is 14.1. The van der Waals surface area contributed by atoms with Crippen LogP contribution in [0.15, 0.2) is 11.1 Å². The Hall–Kier alpha value is -1.09. The van der Waals surface area contributed by atoms with Gasteiger partial charge in [-0.2, -0.15) is 0 Å². The molecule has 1 fully saturated rings. The zero-order valence-electron chi connectivity index (χ0n) is 12.4. The number of carbonyl (C=O) groups is 1. The maximum absolute atomic E-state index is 14.3. The van der Waals surface area contributed by atoms with Gasteiger partial charge in [-0.25, -0.2) is 13.9 Å². The van der Waals surface area contributed by atoms with Crippen molar-refractivity contribution in [3.05, 3.63) is 17.7 Å². The van der Waals surface area contributed by atoms with Crippen molar-refractivity contribution in [2.75, 3.05) is 33.4 Å².